The van der Waals surface area contributed by atoms with Crippen molar-refractivity contribution >= 4 is 23.2 Å². The van der Waals surface area contributed by atoms with E-state index in [4.69, 9.17) is 9.47 Å². The highest BCUT2D eigenvalue weighted by Gasteiger charge is 2.36. The quantitative estimate of drug-likeness (QED) is 0.345. The van der Waals surface area contributed by atoms with Gasteiger partial charge in [0.05, 0.1) is 48.5 Å². The SMILES string of the molecule is C=CC(=O)N1CCOC[C@@]1(C)C#Cc1cnccc1-c1[nH]c2c(c1Nc1cccc(F)c1OC)C(=O)NCC2. The fourth-order valence-corrected chi connectivity index (χ4v) is 4.89. The second-order valence-electron chi connectivity index (χ2n) is 9.37. The van der Waals surface area contributed by atoms with E-state index in [1.54, 1.807) is 35.5 Å². The predicted octanol–water partition coefficient (Wildman–Crippen LogP) is 3.41. The number of rotatable bonds is 5. The Bertz CT molecular complexity index is 1520. The van der Waals surface area contributed by atoms with Crippen molar-refractivity contribution in [2.75, 3.05) is 38.7 Å². The van der Waals surface area contributed by atoms with Gasteiger partial charge in [-0.1, -0.05) is 24.5 Å². The third-order valence-corrected chi connectivity index (χ3v) is 6.83. The molecule has 2 aromatic heterocycles. The normalized spacial score (nSPS) is 18.3. The molecule has 5 rings (SSSR count). The van der Waals surface area contributed by atoms with Crippen molar-refractivity contribution in [1.29, 1.82) is 0 Å². The fraction of sp³-hybridized carbons (Fsp3) is 0.276. The summed E-state index contributed by atoms with van der Waals surface area (Å²) in [7, 11) is 1.39. The molecule has 9 nitrogen and oxygen atoms in total. The predicted molar refractivity (Wildman–Crippen MR) is 144 cm³/mol. The summed E-state index contributed by atoms with van der Waals surface area (Å²) in [5.41, 5.74) is 3.00. The van der Waals surface area contributed by atoms with E-state index in [9.17, 15) is 14.0 Å². The van der Waals surface area contributed by atoms with Crippen LogP contribution < -0.4 is 15.4 Å². The number of morpholine rings is 1. The summed E-state index contributed by atoms with van der Waals surface area (Å²) in [6, 6.07) is 6.33. The molecule has 1 saturated heterocycles. The van der Waals surface area contributed by atoms with E-state index in [1.165, 1.54) is 19.3 Å². The van der Waals surface area contributed by atoms with E-state index in [2.05, 4.69) is 39.0 Å². The Hall–Kier alpha value is -4.62. The highest BCUT2D eigenvalue weighted by Crippen LogP contribution is 2.40. The Morgan fingerprint density at radius 3 is 3.03 bits per heavy atom. The molecule has 1 aromatic carbocycles. The van der Waals surface area contributed by atoms with Gasteiger partial charge in [-0.2, -0.15) is 0 Å². The van der Waals surface area contributed by atoms with Gasteiger partial charge in [-0.15, -0.1) is 0 Å². The van der Waals surface area contributed by atoms with Crippen molar-refractivity contribution < 1.29 is 23.5 Å². The summed E-state index contributed by atoms with van der Waals surface area (Å²) in [6.45, 7) is 7.01. The van der Waals surface area contributed by atoms with Gasteiger partial charge in [0.1, 0.15) is 5.54 Å². The molecule has 0 bridgehead atoms. The molecule has 2 aliphatic heterocycles. The van der Waals surface area contributed by atoms with Gasteiger partial charge in [0.2, 0.25) is 5.91 Å². The van der Waals surface area contributed by atoms with Crippen LogP contribution in [0.3, 0.4) is 0 Å². The van der Waals surface area contributed by atoms with Crippen molar-refractivity contribution in [2.45, 2.75) is 18.9 Å². The van der Waals surface area contributed by atoms with Gasteiger partial charge in [0.15, 0.2) is 11.6 Å². The molecule has 4 heterocycles. The van der Waals surface area contributed by atoms with Crippen LogP contribution >= 0.6 is 0 Å². The summed E-state index contributed by atoms with van der Waals surface area (Å²) >= 11 is 0. The van der Waals surface area contributed by atoms with Crippen LogP contribution in [0.4, 0.5) is 15.8 Å². The van der Waals surface area contributed by atoms with E-state index in [0.29, 0.717) is 59.9 Å². The van der Waals surface area contributed by atoms with E-state index in [0.717, 1.165) is 5.69 Å². The molecule has 0 unspecified atom stereocenters. The minimum Gasteiger partial charge on any atom is -0.492 e. The number of hydrogen-bond acceptors (Lipinski definition) is 6. The zero-order valence-corrected chi connectivity index (χ0v) is 21.7. The molecule has 0 aliphatic carbocycles. The molecule has 2 amide bonds. The van der Waals surface area contributed by atoms with E-state index < -0.39 is 11.4 Å². The van der Waals surface area contributed by atoms with Crippen LogP contribution in [0, 0.1) is 17.7 Å². The molecule has 39 heavy (non-hydrogen) atoms. The van der Waals surface area contributed by atoms with Gasteiger partial charge >= 0.3 is 0 Å². The first-order chi connectivity index (χ1) is 18.9. The number of ether oxygens (including phenoxy) is 2. The lowest BCUT2D eigenvalue weighted by molar-refractivity contribution is -0.137. The van der Waals surface area contributed by atoms with Gasteiger partial charge in [0.25, 0.3) is 5.91 Å². The van der Waals surface area contributed by atoms with Crippen LogP contribution in [0.5, 0.6) is 5.75 Å². The monoisotopic (exact) mass is 529 g/mol. The maximum Gasteiger partial charge on any atom is 0.255 e. The lowest BCUT2D eigenvalue weighted by Crippen LogP contribution is -2.56. The summed E-state index contributed by atoms with van der Waals surface area (Å²) in [5, 5.41) is 6.10. The molecule has 0 radical (unpaired) electrons. The molecule has 3 N–H and O–H groups in total. The van der Waals surface area contributed by atoms with Crippen molar-refractivity contribution in [2.24, 2.45) is 0 Å². The number of aromatic nitrogens is 2. The first-order valence-corrected chi connectivity index (χ1v) is 12.5. The van der Waals surface area contributed by atoms with Crippen molar-refractivity contribution in [3.8, 4) is 28.8 Å². The highest BCUT2D eigenvalue weighted by atomic mass is 19.1. The summed E-state index contributed by atoms with van der Waals surface area (Å²) in [5.74, 6) is 5.43. The van der Waals surface area contributed by atoms with Crippen molar-refractivity contribution in [3.63, 3.8) is 0 Å². The number of hydrogen-bond donors (Lipinski definition) is 3. The first kappa shape index (κ1) is 26.0. The lowest BCUT2D eigenvalue weighted by atomic mass is 9.98. The Balaban J connectivity index is 1.63. The number of aromatic amines is 1. The number of H-pyrrole nitrogens is 1. The molecule has 10 heteroatoms. The lowest BCUT2D eigenvalue weighted by Gasteiger charge is -2.40. The molecule has 1 fully saturated rings. The Morgan fingerprint density at radius 1 is 1.38 bits per heavy atom. The molecule has 3 aromatic rings. The summed E-state index contributed by atoms with van der Waals surface area (Å²) in [6.07, 6.45) is 5.12. The van der Waals surface area contributed by atoms with Gasteiger partial charge < -0.3 is 30.0 Å². The van der Waals surface area contributed by atoms with Crippen LogP contribution in [0.25, 0.3) is 11.3 Å². The number of anilines is 2. The van der Waals surface area contributed by atoms with Gasteiger partial charge in [0, 0.05) is 43.2 Å². The minimum absolute atomic E-state index is 0.0292. The standard InChI is InChI=1S/C29H28FN5O4/c1-4-23(36)35-14-15-39-17-29(35,2)11-8-18-16-31-12-9-19(18)25-26(24-21(33-25)10-13-32-28(24)37)34-22-7-5-6-20(30)27(22)38-3/h4-7,9,12,16,33-34H,1,10,13-15,17H2,2-3H3,(H,32,37)/t29-/m1/s1. The number of nitrogens with one attached hydrogen (secondary N) is 3. The van der Waals surface area contributed by atoms with Crippen LogP contribution in [0.1, 0.15) is 28.5 Å². The van der Waals surface area contributed by atoms with Crippen LogP contribution in [0.15, 0.2) is 49.3 Å². The first-order valence-electron chi connectivity index (χ1n) is 12.5. The van der Waals surface area contributed by atoms with Crippen LogP contribution in [-0.4, -0.2) is 65.6 Å². The third kappa shape index (κ3) is 4.84. The molecule has 0 saturated carbocycles. The molecule has 2 aliphatic rings. The number of amides is 2. The number of carbonyl (C=O) groups excluding carboxylic acids is 2. The average Bonchev–Trinajstić information content (AvgIpc) is 3.31. The second kappa shape index (κ2) is 10.6. The number of benzene rings is 1. The number of pyridine rings is 1. The largest absolute Gasteiger partial charge is 0.492 e. The average molecular weight is 530 g/mol. The number of halogens is 1. The topological polar surface area (TPSA) is 109 Å². The van der Waals surface area contributed by atoms with Crippen LogP contribution in [0.2, 0.25) is 0 Å². The van der Waals surface area contributed by atoms with E-state index in [1.807, 2.05) is 6.92 Å². The summed E-state index contributed by atoms with van der Waals surface area (Å²) < 4.78 is 25.4. The summed E-state index contributed by atoms with van der Waals surface area (Å²) in [4.78, 5) is 34.8. The number of methoxy groups -OCH3 is 1. The number of para-hydroxylation sites is 1. The zero-order valence-electron chi connectivity index (χ0n) is 21.7. The maximum absolute atomic E-state index is 14.5. The zero-order chi connectivity index (χ0) is 27.6. The molecular formula is C29H28FN5O4. The Labute approximate surface area is 225 Å². The Kier molecular flexibility index (Phi) is 7.09. The number of fused-ring (bicyclic) bond motifs is 1. The molecular weight excluding hydrogens is 501 g/mol. The third-order valence-electron chi connectivity index (χ3n) is 6.83. The maximum atomic E-state index is 14.5. The van der Waals surface area contributed by atoms with E-state index in [-0.39, 0.29) is 24.2 Å². The molecule has 1 atom stereocenters. The smallest absolute Gasteiger partial charge is 0.255 e. The second-order valence-corrected chi connectivity index (χ2v) is 9.37. The van der Waals surface area contributed by atoms with Crippen molar-refractivity contribution in [3.05, 3.63) is 72.0 Å². The molecule has 0 spiro atoms. The minimum atomic E-state index is -0.874. The highest BCUT2D eigenvalue weighted by molar-refractivity contribution is 6.06. The van der Waals surface area contributed by atoms with Crippen LogP contribution in [-0.2, 0) is 16.0 Å². The van der Waals surface area contributed by atoms with Gasteiger partial charge in [-0.05, 0) is 31.2 Å². The fourth-order valence-electron chi connectivity index (χ4n) is 4.89. The Morgan fingerprint density at radius 2 is 2.23 bits per heavy atom. The van der Waals surface area contributed by atoms with Gasteiger partial charge in [-0.3, -0.25) is 14.6 Å². The molecule has 200 valence electrons. The van der Waals surface area contributed by atoms with Crippen molar-refractivity contribution in [1.82, 2.24) is 20.2 Å². The van der Waals surface area contributed by atoms with E-state index >= 15 is 0 Å². The van der Waals surface area contributed by atoms with Gasteiger partial charge in [-0.25, -0.2) is 4.39 Å². The number of carbonyl (C=O) groups is 2. The number of nitrogens with zero attached hydrogens (tertiary/aromatic N) is 2.